The first-order valence-corrected chi connectivity index (χ1v) is 7.21. The number of fused-ring (bicyclic) bond motifs is 3. The first-order chi connectivity index (χ1) is 9.13. The molecule has 6 heteroatoms. The van der Waals surface area contributed by atoms with Crippen molar-refractivity contribution in [2.45, 2.75) is 19.5 Å². The molecule has 0 aliphatic carbocycles. The Balaban J connectivity index is 1.73. The number of H-pyrrole nitrogens is 1. The Morgan fingerprint density at radius 3 is 2.95 bits per heavy atom. The molecule has 0 saturated carbocycles. The number of hydrogen-bond acceptors (Lipinski definition) is 4. The molecule has 3 heterocycles. The van der Waals surface area contributed by atoms with Gasteiger partial charge in [0.2, 0.25) is 0 Å². The molecule has 0 radical (unpaired) electrons. The van der Waals surface area contributed by atoms with Gasteiger partial charge in [-0.3, -0.25) is 14.9 Å². The van der Waals surface area contributed by atoms with Crippen LogP contribution in [0.1, 0.15) is 11.4 Å². The van der Waals surface area contributed by atoms with Crippen molar-refractivity contribution in [2.75, 3.05) is 39.9 Å². The summed E-state index contributed by atoms with van der Waals surface area (Å²) in [5, 5.41) is 8.04. The standard InChI is InChI=1S/C13H21ClN4O/c1-9-13(14)12(16-15-9)6-18-4-10-3-17(2)11(5-18)8-19-7-10/h10-11H,3-8H2,1-2H3,(H,15,16)/t10-,11+/m1/s1. The average Bonchev–Trinajstić information content (AvgIpc) is 2.53. The van der Waals surface area contributed by atoms with Gasteiger partial charge in [-0.15, -0.1) is 0 Å². The maximum Gasteiger partial charge on any atom is 0.0951 e. The molecule has 1 aromatic rings. The molecule has 0 unspecified atom stereocenters. The van der Waals surface area contributed by atoms with Crippen LogP contribution in [0.2, 0.25) is 5.02 Å². The van der Waals surface area contributed by atoms with E-state index in [0.29, 0.717) is 12.0 Å². The lowest BCUT2D eigenvalue weighted by atomic mass is 10.1. The summed E-state index contributed by atoms with van der Waals surface area (Å²) in [6.45, 7) is 7.68. The first kappa shape index (κ1) is 13.4. The van der Waals surface area contributed by atoms with E-state index < -0.39 is 0 Å². The van der Waals surface area contributed by atoms with Crippen LogP contribution in [0.25, 0.3) is 0 Å². The lowest BCUT2D eigenvalue weighted by Crippen LogP contribution is -2.42. The molecule has 2 aliphatic heterocycles. The molecule has 5 nitrogen and oxygen atoms in total. The molecule has 0 spiro atoms. The highest BCUT2D eigenvalue weighted by Gasteiger charge is 2.31. The fourth-order valence-corrected chi connectivity index (χ4v) is 3.20. The quantitative estimate of drug-likeness (QED) is 0.884. The van der Waals surface area contributed by atoms with Crippen LogP contribution in [0.4, 0.5) is 0 Å². The summed E-state index contributed by atoms with van der Waals surface area (Å²) < 4.78 is 5.74. The van der Waals surface area contributed by atoms with Gasteiger partial charge >= 0.3 is 0 Å². The Hall–Kier alpha value is -0.620. The number of rotatable bonds is 2. The summed E-state index contributed by atoms with van der Waals surface area (Å²) in [5.74, 6) is 0.580. The van der Waals surface area contributed by atoms with Crippen LogP contribution in [0.5, 0.6) is 0 Å². The summed E-state index contributed by atoms with van der Waals surface area (Å²) in [5.41, 5.74) is 1.91. The molecule has 106 valence electrons. The molecule has 2 bridgehead atoms. The second-order valence-corrected chi connectivity index (χ2v) is 6.18. The van der Waals surface area contributed by atoms with Crippen molar-refractivity contribution in [1.82, 2.24) is 20.0 Å². The van der Waals surface area contributed by atoms with E-state index in [4.69, 9.17) is 16.3 Å². The number of likely N-dealkylation sites (N-methyl/N-ethyl adjacent to an activating group) is 1. The van der Waals surface area contributed by atoms with E-state index in [2.05, 4.69) is 27.0 Å². The number of nitrogens with one attached hydrogen (secondary N) is 1. The minimum atomic E-state index is 0.478. The zero-order valence-corrected chi connectivity index (χ0v) is 12.3. The van der Waals surface area contributed by atoms with E-state index in [9.17, 15) is 0 Å². The van der Waals surface area contributed by atoms with Gasteiger partial charge in [0, 0.05) is 38.1 Å². The number of nitrogens with zero attached hydrogens (tertiary/aromatic N) is 3. The fourth-order valence-electron chi connectivity index (χ4n) is 3.06. The highest BCUT2D eigenvalue weighted by atomic mass is 35.5. The molecule has 0 amide bonds. The predicted octanol–water partition coefficient (Wildman–Crippen LogP) is 1.13. The Labute approximate surface area is 118 Å². The highest BCUT2D eigenvalue weighted by Crippen LogP contribution is 2.23. The normalized spacial score (nSPS) is 29.4. The summed E-state index contributed by atoms with van der Waals surface area (Å²) in [4.78, 5) is 4.89. The van der Waals surface area contributed by atoms with Crippen LogP contribution in [0.15, 0.2) is 0 Å². The summed E-state index contributed by atoms with van der Waals surface area (Å²) in [6, 6.07) is 0.478. The zero-order valence-electron chi connectivity index (χ0n) is 11.5. The summed E-state index contributed by atoms with van der Waals surface area (Å²) >= 11 is 6.26. The maximum absolute atomic E-state index is 6.26. The van der Waals surface area contributed by atoms with E-state index in [-0.39, 0.29) is 0 Å². The summed E-state index contributed by atoms with van der Waals surface area (Å²) in [7, 11) is 2.20. The molecule has 0 aromatic carbocycles. The Kier molecular flexibility index (Phi) is 3.80. The van der Waals surface area contributed by atoms with Crippen molar-refractivity contribution in [2.24, 2.45) is 5.92 Å². The van der Waals surface area contributed by atoms with E-state index in [0.717, 1.165) is 55.8 Å². The van der Waals surface area contributed by atoms with Gasteiger partial charge < -0.3 is 4.74 Å². The van der Waals surface area contributed by atoms with Crippen molar-refractivity contribution < 1.29 is 4.74 Å². The smallest absolute Gasteiger partial charge is 0.0951 e. The van der Waals surface area contributed by atoms with Gasteiger partial charge in [0.25, 0.3) is 0 Å². The molecule has 3 rings (SSSR count). The van der Waals surface area contributed by atoms with Crippen LogP contribution >= 0.6 is 11.6 Å². The third kappa shape index (κ3) is 2.79. The van der Waals surface area contributed by atoms with Crippen molar-refractivity contribution in [1.29, 1.82) is 0 Å². The SMILES string of the molecule is Cc1[nH]nc(CN2C[C@@H]3COC[C@H](C2)N(C)C3)c1Cl. The van der Waals surface area contributed by atoms with Gasteiger partial charge in [0.15, 0.2) is 0 Å². The third-order valence-electron chi connectivity index (χ3n) is 4.13. The lowest BCUT2D eigenvalue weighted by Gasteiger charge is -2.29. The predicted molar refractivity (Wildman–Crippen MR) is 74.3 cm³/mol. The first-order valence-electron chi connectivity index (χ1n) is 6.83. The third-order valence-corrected chi connectivity index (χ3v) is 4.63. The number of ether oxygens (including phenoxy) is 1. The van der Waals surface area contributed by atoms with Gasteiger partial charge in [-0.2, -0.15) is 5.10 Å². The Morgan fingerprint density at radius 2 is 2.21 bits per heavy atom. The van der Waals surface area contributed by atoms with E-state index >= 15 is 0 Å². The van der Waals surface area contributed by atoms with Crippen LogP contribution in [-0.2, 0) is 11.3 Å². The van der Waals surface area contributed by atoms with Gasteiger partial charge in [-0.25, -0.2) is 0 Å². The molecule has 1 N–H and O–H groups in total. The zero-order chi connectivity index (χ0) is 13.4. The van der Waals surface area contributed by atoms with E-state index in [1.165, 1.54) is 0 Å². The minimum Gasteiger partial charge on any atom is -0.379 e. The van der Waals surface area contributed by atoms with Crippen LogP contribution in [-0.4, -0.2) is 65.9 Å². The van der Waals surface area contributed by atoms with Crippen molar-refractivity contribution >= 4 is 11.6 Å². The number of halogens is 1. The number of aromatic amines is 1. The van der Waals surface area contributed by atoms with Gasteiger partial charge in [-0.05, 0) is 14.0 Å². The number of aryl methyl sites for hydroxylation is 1. The molecule has 2 atom stereocenters. The van der Waals surface area contributed by atoms with Crippen LogP contribution in [0, 0.1) is 12.8 Å². The number of aromatic nitrogens is 2. The van der Waals surface area contributed by atoms with Crippen molar-refractivity contribution in [3.8, 4) is 0 Å². The largest absolute Gasteiger partial charge is 0.379 e. The fraction of sp³-hybridized carbons (Fsp3) is 0.769. The topological polar surface area (TPSA) is 44.4 Å². The minimum absolute atomic E-state index is 0.478. The Morgan fingerprint density at radius 1 is 1.37 bits per heavy atom. The second-order valence-electron chi connectivity index (χ2n) is 5.80. The molecule has 1 aromatic heterocycles. The van der Waals surface area contributed by atoms with Crippen LogP contribution < -0.4 is 0 Å². The second kappa shape index (κ2) is 5.40. The lowest BCUT2D eigenvalue weighted by molar-refractivity contribution is 0.0512. The van der Waals surface area contributed by atoms with Gasteiger partial charge in [0.05, 0.1) is 29.6 Å². The van der Waals surface area contributed by atoms with Gasteiger partial charge in [0.1, 0.15) is 0 Å². The average molecular weight is 285 g/mol. The monoisotopic (exact) mass is 284 g/mol. The molecule has 2 fully saturated rings. The van der Waals surface area contributed by atoms with E-state index in [1.54, 1.807) is 0 Å². The highest BCUT2D eigenvalue weighted by molar-refractivity contribution is 6.31. The summed E-state index contributed by atoms with van der Waals surface area (Å²) in [6.07, 6.45) is 0. The Bertz CT molecular complexity index is 450. The molecule has 2 aliphatic rings. The van der Waals surface area contributed by atoms with Gasteiger partial charge in [-0.1, -0.05) is 11.6 Å². The van der Waals surface area contributed by atoms with Crippen LogP contribution in [0.3, 0.4) is 0 Å². The molecule has 2 saturated heterocycles. The molecule has 19 heavy (non-hydrogen) atoms. The number of hydrogen-bond donors (Lipinski definition) is 1. The van der Waals surface area contributed by atoms with Crippen molar-refractivity contribution in [3.05, 3.63) is 16.4 Å². The maximum atomic E-state index is 6.26. The molecular formula is C13H21ClN4O. The van der Waals surface area contributed by atoms with Crippen molar-refractivity contribution in [3.63, 3.8) is 0 Å². The van der Waals surface area contributed by atoms with E-state index in [1.807, 2.05) is 6.92 Å². The molecular weight excluding hydrogens is 264 g/mol.